The van der Waals surface area contributed by atoms with Crippen molar-refractivity contribution in [3.63, 3.8) is 0 Å². The Balaban J connectivity index is 1.62. The van der Waals surface area contributed by atoms with Gasteiger partial charge in [-0.05, 0) is 45.0 Å². The highest BCUT2D eigenvalue weighted by Gasteiger charge is 2.18. The fourth-order valence-corrected chi connectivity index (χ4v) is 2.95. The molecular formula is C20H28N4O5S. The molecule has 0 spiro atoms. The van der Waals surface area contributed by atoms with Crippen LogP contribution >= 0.6 is 11.3 Å². The minimum atomic E-state index is -0.740. The molecule has 1 atom stereocenters. The van der Waals surface area contributed by atoms with Crippen LogP contribution < -0.4 is 25.8 Å². The van der Waals surface area contributed by atoms with Gasteiger partial charge in [0.15, 0.2) is 0 Å². The second kappa shape index (κ2) is 10.9. The van der Waals surface area contributed by atoms with Gasteiger partial charge in [0, 0.05) is 24.2 Å². The molecule has 164 valence electrons. The molecule has 0 aliphatic carbocycles. The van der Waals surface area contributed by atoms with Crippen molar-refractivity contribution < 1.29 is 24.2 Å². The van der Waals surface area contributed by atoms with Crippen LogP contribution in [0.1, 0.15) is 40.8 Å². The third-order valence-corrected chi connectivity index (χ3v) is 4.57. The van der Waals surface area contributed by atoms with Crippen LogP contribution in [0.25, 0.3) is 0 Å². The predicted molar refractivity (Wildman–Crippen MR) is 114 cm³/mol. The van der Waals surface area contributed by atoms with Gasteiger partial charge in [-0.25, -0.2) is 4.98 Å². The van der Waals surface area contributed by atoms with Crippen LogP contribution in [0.3, 0.4) is 0 Å². The molecule has 0 aliphatic rings. The van der Waals surface area contributed by atoms with Crippen molar-refractivity contribution >= 4 is 23.2 Å². The first-order valence-corrected chi connectivity index (χ1v) is 10.3. The molecule has 1 unspecified atom stereocenters. The molecule has 0 radical (unpaired) electrons. The van der Waals surface area contributed by atoms with Crippen LogP contribution in [-0.2, 0) is 0 Å². The number of hydrogen-bond acceptors (Lipinski definition) is 8. The van der Waals surface area contributed by atoms with Crippen LogP contribution in [0.4, 0.5) is 0 Å². The zero-order valence-electron chi connectivity index (χ0n) is 17.3. The maximum atomic E-state index is 12.1. The molecule has 1 aromatic carbocycles. The summed E-state index contributed by atoms with van der Waals surface area (Å²) in [7, 11) is 0. The van der Waals surface area contributed by atoms with Crippen LogP contribution in [0.15, 0.2) is 30.5 Å². The lowest BCUT2D eigenvalue weighted by molar-refractivity contribution is 0.0922. The summed E-state index contributed by atoms with van der Waals surface area (Å²) >= 11 is 1.13. The van der Waals surface area contributed by atoms with Crippen molar-refractivity contribution in [3.8, 4) is 10.9 Å². The number of aromatic nitrogens is 1. The van der Waals surface area contributed by atoms with E-state index in [2.05, 4.69) is 15.6 Å². The topological polar surface area (TPSA) is 136 Å². The number of nitrogens with two attached hydrogens (primary N) is 1. The maximum Gasteiger partial charge on any atom is 0.273 e. The Hall–Kier alpha value is -2.69. The second-order valence-corrected chi connectivity index (χ2v) is 8.59. The third-order valence-electron chi connectivity index (χ3n) is 3.66. The normalized spacial score (nSPS) is 12.3. The summed E-state index contributed by atoms with van der Waals surface area (Å²) < 4.78 is 11.0. The number of primary amides is 1. The Morgan fingerprint density at radius 2 is 1.93 bits per heavy atom. The molecule has 10 heteroatoms. The van der Waals surface area contributed by atoms with Crippen molar-refractivity contribution in [2.45, 2.75) is 32.4 Å². The summed E-state index contributed by atoms with van der Waals surface area (Å²) in [6.07, 6.45) is 0.717. The number of aliphatic hydroxyl groups excluding tert-OH is 1. The summed E-state index contributed by atoms with van der Waals surface area (Å²) in [6, 6.07) is 6.55. The zero-order chi connectivity index (χ0) is 22.1. The van der Waals surface area contributed by atoms with Crippen molar-refractivity contribution in [1.82, 2.24) is 15.6 Å². The van der Waals surface area contributed by atoms with E-state index in [-0.39, 0.29) is 18.1 Å². The van der Waals surface area contributed by atoms with Crippen LogP contribution in [0, 0.1) is 0 Å². The van der Waals surface area contributed by atoms with E-state index in [0.29, 0.717) is 41.1 Å². The smallest absolute Gasteiger partial charge is 0.273 e. The van der Waals surface area contributed by atoms with Gasteiger partial charge in [-0.1, -0.05) is 11.3 Å². The molecule has 0 saturated carbocycles. The van der Waals surface area contributed by atoms with Crippen LogP contribution in [-0.4, -0.2) is 59.9 Å². The van der Waals surface area contributed by atoms with Gasteiger partial charge in [0.05, 0.1) is 6.20 Å². The lowest BCUT2D eigenvalue weighted by Crippen LogP contribution is -2.40. The Morgan fingerprint density at radius 1 is 1.23 bits per heavy atom. The van der Waals surface area contributed by atoms with E-state index in [1.165, 1.54) is 6.20 Å². The van der Waals surface area contributed by atoms with E-state index in [1.807, 2.05) is 20.8 Å². The molecule has 1 aromatic heterocycles. The Labute approximate surface area is 179 Å². The molecule has 1 heterocycles. The van der Waals surface area contributed by atoms with Gasteiger partial charge < -0.3 is 30.9 Å². The molecular weight excluding hydrogens is 408 g/mol. The fraction of sp³-hybridized carbons (Fsp3) is 0.450. The summed E-state index contributed by atoms with van der Waals surface area (Å²) in [5.74, 6) is -0.0661. The van der Waals surface area contributed by atoms with Gasteiger partial charge in [-0.15, -0.1) is 0 Å². The van der Waals surface area contributed by atoms with E-state index >= 15 is 0 Å². The van der Waals surface area contributed by atoms with Crippen molar-refractivity contribution in [2.75, 3.05) is 26.3 Å². The first kappa shape index (κ1) is 23.6. The summed E-state index contributed by atoms with van der Waals surface area (Å²) in [5.41, 5.74) is 5.27. The number of thiazole rings is 1. The number of hydrogen-bond donors (Lipinski definition) is 4. The number of nitrogens with one attached hydrogen (secondary N) is 2. The Kier molecular flexibility index (Phi) is 8.58. The van der Waals surface area contributed by atoms with E-state index in [9.17, 15) is 14.7 Å². The van der Waals surface area contributed by atoms with Crippen molar-refractivity contribution in [3.05, 3.63) is 40.9 Å². The minimum absolute atomic E-state index is 0.0519. The molecule has 0 fully saturated rings. The summed E-state index contributed by atoms with van der Waals surface area (Å²) in [6.45, 7) is 6.97. The molecule has 2 aromatic rings. The number of carbonyl (C=O) groups is 2. The number of ether oxygens (including phenoxy) is 2. The van der Waals surface area contributed by atoms with Gasteiger partial charge in [0.25, 0.3) is 11.1 Å². The highest BCUT2D eigenvalue weighted by molar-refractivity contribution is 7.15. The van der Waals surface area contributed by atoms with E-state index < -0.39 is 12.0 Å². The molecule has 5 N–H and O–H groups in total. The monoisotopic (exact) mass is 436 g/mol. The average Bonchev–Trinajstić information content (AvgIpc) is 3.14. The lowest BCUT2D eigenvalue weighted by Gasteiger charge is -2.19. The highest BCUT2D eigenvalue weighted by atomic mass is 32.1. The molecule has 0 saturated heterocycles. The standard InChI is InChI=1S/C20H28N4O5S/c1-20(2,3)24-18(27)16-11-23-19(30-16)29-12-14(25)10-22-8-9-28-15-6-4-13(5-7-15)17(21)26/h4-7,11,14,22,25H,8-10,12H2,1-3H3,(H2,21,26)(H,24,27). The third kappa shape index (κ3) is 8.36. The number of amides is 2. The molecule has 30 heavy (non-hydrogen) atoms. The molecule has 2 amide bonds. The van der Waals surface area contributed by atoms with Gasteiger partial charge in [0.1, 0.15) is 29.9 Å². The number of carbonyl (C=O) groups excluding carboxylic acids is 2. The number of nitrogens with zero attached hydrogens (tertiary/aromatic N) is 1. The maximum absolute atomic E-state index is 12.1. The van der Waals surface area contributed by atoms with Crippen LogP contribution in [0.2, 0.25) is 0 Å². The van der Waals surface area contributed by atoms with Crippen molar-refractivity contribution in [2.24, 2.45) is 5.73 Å². The second-order valence-electron chi connectivity index (χ2n) is 7.60. The van der Waals surface area contributed by atoms with Crippen molar-refractivity contribution in [1.29, 1.82) is 0 Å². The predicted octanol–water partition coefficient (Wildman–Crippen LogP) is 1.18. The molecule has 0 bridgehead atoms. The summed E-state index contributed by atoms with van der Waals surface area (Å²) in [4.78, 5) is 27.6. The highest BCUT2D eigenvalue weighted by Crippen LogP contribution is 2.21. The largest absolute Gasteiger partial charge is 0.492 e. The number of benzene rings is 1. The fourth-order valence-electron chi connectivity index (χ4n) is 2.28. The van der Waals surface area contributed by atoms with Gasteiger partial charge >= 0.3 is 0 Å². The van der Waals surface area contributed by atoms with Gasteiger partial charge in [-0.2, -0.15) is 0 Å². The van der Waals surface area contributed by atoms with Crippen LogP contribution in [0.5, 0.6) is 10.9 Å². The quantitative estimate of drug-likeness (QED) is 0.388. The first-order valence-electron chi connectivity index (χ1n) is 9.46. The lowest BCUT2D eigenvalue weighted by atomic mass is 10.1. The number of rotatable bonds is 11. The summed E-state index contributed by atoms with van der Waals surface area (Å²) in [5, 5.41) is 16.3. The van der Waals surface area contributed by atoms with Gasteiger partial charge in [-0.3, -0.25) is 9.59 Å². The number of aliphatic hydroxyl groups is 1. The Bertz CT molecular complexity index is 832. The molecule has 0 aliphatic heterocycles. The SMILES string of the molecule is CC(C)(C)NC(=O)c1cnc(OCC(O)CNCCOc2ccc(C(N)=O)cc2)s1. The van der Waals surface area contributed by atoms with E-state index in [4.69, 9.17) is 15.2 Å². The molecule has 2 rings (SSSR count). The first-order chi connectivity index (χ1) is 14.1. The molecule has 9 nitrogen and oxygen atoms in total. The Morgan fingerprint density at radius 3 is 2.57 bits per heavy atom. The average molecular weight is 437 g/mol. The van der Waals surface area contributed by atoms with E-state index in [0.717, 1.165) is 11.3 Å². The van der Waals surface area contributed by atoms with Gasteiger partial charge in [0.2, 0.25) is 5.91 Å². The zero-order valence-corrected chi connectivity index (χ0v) is 18.1. The minimum Gasteiger partial charge on any atom is -0.492 e. The van der Waals surface area contributed by atoms with E-state index in [1.54, 1.807) is 24.3 Å².